The molecule has 0 atom stereocenters. The van der Waals surface area contributed by atoms with E-state index in [1.807, 2.05) is 27.9 Å². The van der Waals surface area contributed by atoms with Crippen molar-refractivity contribution in [2.45, 2.75) is 19.8 Å². The summed E-state index contributed by atoms with van der Waals surface area (Å²) >= 11 is 0. The highest BCUT2D eigenvalue weighted by Gasteiger charge is 2.13. The van der Waals surface area contributed by atoms with Crippen LogP contribution in [-0.2, 0) is 0 Å². The zero-order valence-electron chi connectivity index (χ0n) is 11.4. The molecule has 0 saturated carbocycles. The monoisotopic (exact) mass is 248 g/mol. The average molecular weight is 248 g/mol. The molecule has 0 aliphatic carbocycles. The lowest BCUT2D eigenvalue weighted by atomic mass is 10.1. The van der Waals surface area contributed by atoms with Crippen LogP contribution in [0.25, 0.3) is 0 Å². The molecule has 1 amide bonds. The van der Waals surface area contributed by atoms with Crippen LogP contribution in [0.2, 0.25) is 0 Å². The van der Waals surface area contributed by atoms with Gasteiger partial charge in [-0.1, -0.05) is 19.9 Å². The second kappa shape index (κ2) is 6.14. The topological polar surface area (TPSA) is 58.1 Å². The summed E-state index contributed by atoms with van der Waals surface area (Å²) in [5.41, 5.74) is 1.25. The van der Waals surface area contributed by atoms with Crippen LogP contribution in [0.5, 0.6) is 0 Å². The molecule has 0 spiro atoms. The molecule has 0 aromatic carbocycles. The molecule has 0 saturated heterocycles. The predicted octanol–water partition coefficient (Wildman–Crippen LogP) is 1.58. The van der Waals surface area contributed by atoms with Crippen LogP contribution in [-0.4, -0.2) is 36.5 Å². The van der Waals surface area contributed by atoms with Crippen molar-refractivity contribution in [3.05, 3.63) is 30.1 Å². The van der Waals surface area contributed by atoms with Crippen LogP contribution >= 0.6 is 0 Å². The molecule has 5 nitrogen and oxygen atoms in total. The maximum absolute atomic E-state index is 11.9. The molecule has 1 aromatic rings. The first kappa shape index (κ1) is 14.2. The summed E-state index contributed by atoms with van der Waals surface area (Å²) in [5, 5.41) is 2.72. The molecule has 0 radical (unpaired) electrons. The summed E-state index contributed by atoms with van der Waals surface area (Å²) in [4.78, 5) is 22.3. The standard InChI is InChI=1S/C13H20N4O/c1-6-7-14-12(18)11-8-10(9(2)3)15-13(16-11)17(4)5/h6,8-9H,1,7H2,2-5H3,(H,14,18). The maximum atomic E-state index is 11.9. The van der Waals surface area contributed by atoms with Crippen LogP contribution in [0.1, 0.15) is 35.9 Å². The Morgan fingerprint density at radius 1 is 1.50 bits per heavy atom. The lowest BCUT2D eigenvalue weighted by molar-refractivity contribution is 0.0953. The number of hydrogen-bond acceptors (Lipinski definition) is 4. The minimum absolute atomic E-state index is 0.206. The van der Waals surface area contributed by atoms with E-state index >= 15 is 0 Å². The normalized spacial score (nSPS) is 10.3. The van der Waals surface area contributed by atoms with Crippen LogP contribution in [0.3, 0.4) is 0 Å². The third-order valence-electron chi connectivity index (χ3n) is 2.37. The fraction of sp³-hybridized carbons (Fsp3) is 0.462. The maximum Gasteiger partial charge on any atom is 0.270 e. The van der Waals surface area contributed by atoms with Crippen molar-refractivity contribution >= 4 is 11.9 Å². The van der Waals surface area contributed by atoms with E-state index in [9.17, 15) is 4.79 Å². The highest BCUT2D eigenvalue weighted by Crippen LogP contribution is 2.16. The first-order valence-electron chi connectivity index (χ1n) is 5.91. The Labute approximate surface area is 108 Å². The molecule has 0 fully saturated rings. The molecule has 0 bridgehead atoms. The van der Waals surface area contributed by atoms with Crippen molar-refractivity contribution in [3.8, 4) is 0 Å². The number of hydrogen-bond donors (Lipinski definition) is 1. The molecule has 5 heteroatoms. The Morgan fingerprint density at radius 3 is 2.67 bits per heavy atom. The number of rotatable bonds is 5. The fourth-order valence-electron chi connectivity index (χ4n) is 1.32. The van der Waals surface area contributed by atoms with Gasteiger partial charge in [0.2, 0.25) is 5.95 Å². The van der Waals surface area contributed by atoms with Gasteiger partial charge in [-0.05, 0) is 12.0 Å². The van der Waals surface area contributed by atoms with Gasteiger partial charge >= 0.3 is 0 Å². The number of carbonyl (C=O) groups excluding carboxylic acids is 1. The lowest BCUT2D eigenvalue weighted by Crippen LogP contribution is -2.26. The van der Waals surface area contributed by atoms with Crippen LogP contribution in [0, 0.1) is 0 Å². The number of nitrogens with zero attached hydrogens (tertiary/aromatic N) is 3. The molecule has 0 aliphatic rings. The Bertz CT molecular complexity index is 414. The molecule has 0 unspecified atom stereocenters. The summed E-state index contributed by atoms with van der Waals surface area (Å²) in [6.07, 6.45) is 1.63. The molecule has 1 rings (SSSR count). The quantitative estimate of drug-likeness (QED) is 0.804. The van der Waals surface area contributed by atoms with E-state index in [0.29, 0.717) is 18.2 Å². The van der Waals surface area contributed by atoms with Crippen molar-refractivity contribution in [1.29, 1.82) is 0 Å². The molecular weight excluding hydrogens is 228 g/mol. The summed E-state index contributed by atoms with van der Waals surface area (Å²) in [6, 6.07) is 1.73. The number of aromatic nitrogens is 2. The largest absolute Gasteiger partial charge is 0.347 e. The summed E-state index contributed by atoms with van der Waals surface area (Å²) < 4.78 is 0. The van der Waals surface area contributed by atoms with E-state index in [4.69, 9.17) is 0 Å². The average Bonchev–Trinajstić information content (AvgIpc) is 2.35. The van der Waals surface area contributed by atoms with Crippen LogP contribution in [0.4, 0.5) is 5.95 Å². The van der Waals surface area contributed by atoms with Gasteiger partial charge < -0.3 is 10.2 Å². The van der Waals surface area contributed by atoms with Gasteiger partial charge in [0, 0.05) is 26.3 Å². The van der Waals surface area contributed by atoms with Crippen molar-refractivity contribution in [3.63, 3.8) is 0 Å². The van der Waals surface area contributed by atoms with Crippen molar-refractivity contribution in [2.24, 2.45) is 0 Å². The highest BCUT2D eigenvalue weighted by atomic mass is 16.1. The highest BCUT2D eigenvalue weighted by molar-refractivity contribution is 5.92. The zero-order valence-corrected chi connectivity index (χ0v) is 11.4. The van der Waals surface area contributed by atoms with E-state index in [1.54, 1.807) is 17.0 Å². The van der Waals surface area contributed by atoms with Gasteiger partial charge in [-0.25, -0.2) is 9.97 Å². The Morgan fingerprint density at radius 2 is 2.17 bits per heavy atom. The van der Waals surface area contributed by atoms with Gasteiger partial charge in [-0.2, -0.15) is 0 Å². The Balaban J connectivity index is 3.10. The molecule has 1 aromatic heterocycles. The van der Waals surface area contributed by atoms with Crippen molar-refractivity contribution in [2.75, 3.05) is 25.5 Å². The summed E-state index contributed by atoms with van der Waals surface area (Å²) in [7, 11) is 3.70. The third-order valence-corrected chi connectivity index (χ3v) is 2.37. The van der Waals surface area contributed by atoms with Crippen molar-refractivity contribution in [1.82, 2.24) is 15.3 Å². The fourth-order valence-corrected chi connectivity index (χ4v) is 1.32. The van der Waals surface area contributed by atoms with Gasteiger partial charge in [0.05, 0.1) is 0 Å². The van der Waals surface area contributed by atoms with E-state index in [1.165, 1.54) is 0 Å². The third kappa shape index (κ3) is 3.55. The second-order valence-corrected chi connectivity index (χ2v) is 4.53. The second-order valence-electron chi connectivity index (χ2n) is 4.53. The SMILES string of the molecule is C=CCNC(=O)c1cc(C(C)C)nc(N(C)C)n1. The molecule has 1 N–H and O–H groups in total. The van der Waals surface area contributed by atoms with Crippen LogP contribution < -0.4 is 10.2 Å². The van der Waals surface area contributed by atoms with E-state index in [-0.39, 0.29) is 11.8 Å². The smallest absolute Gasteiger partial charge is 0.270 e. The van der Waals surface area contributed by atoms with E-state index < -0.39 is 0 Å². The Hall–Kier alpha value is -1.91. The van der Waals surface area contributed by atoms with Crippen LogP contribution in [0.15, 0.2) is 18.7 Å². The number of nitrogens with one attached hydrogen (secondary N) is 1. The molecule has 98 valence electrons. The lowest BCUT2D eigenvalue weighted by Gasteiger charge is -2.14. The predicted molar refractivity (Wildman–Crippen MR) is 73.0 cm³/mol. The van der Waals surface area contributed by atoms with E-state index in [0.717, 1.165) is 5.69 Å². The number of amides is 1. The molecule has 18 heavy (non-hydrogen) atoms. The van der Waals surface area contributed by atoms with Gasteiger partial charge in [-0.15, -0.1) is 6.58 Å². The number of carbonyl (C=O) groups is 1. The summed E-state index contributed by atoms with van der Waals surface area (Å²) in [5.74, 6) is 0.588. The van der Waals surface area contributed by atoms with Gasteiger partial charge in [-0.3, -0.25) is 4.79 Å². The minimum Gasteiger partial charge on any atom is -0.347 e. The zero-order chi connectivity index (χ0) is 13.7. The Kier molecular flexibility index (Phi) is 4.83. The van der Waals surface area contributed by atoms with Gasteiger partial charge in [0.1, 0.15) is 5.69 Å². The van der Waals surface area contributed by atoms with E-state index in [2.05, 4.69) is 21.9 Å². The number of anilines is 1. The molecule has 0 aliphatic heterocycles. The minimum atomic E-state index is -0.206. The van der Waals surface area contributed by atoms with Crippen molar-refractivity contribution < 1.29 is 4.79 Å². The van der Waals surface area contributed by atoms with Gasteiger partial charge in [0.15, 0.2) is 0 Å². The first-order chi connectivity index (χ1) is 8.45. The van der Waals surface area contributed by atoms with Gasteiger partial charge in [0.25, 0.3) is 5.91 Å². The summed E-state index contributed by atoms with van der Waals surface area (Å²) in [6.45, 7) is 8.06. The molecule has 1 heterocycles. The molecular formula is C13H20N4O. The first-order valence-corrected chi connectivity index (χ1v) is 5.91.